The van der Waals surface area contributed by atoms with Crippen molar-refractivity contribution in [2.24, 2.45) is 0 Å². The summed E-state index contributed by atoms with van der Waals surface area (Å²) < 4.78 is 0. The highest BCUT2D eigenvalue weighted by Crippen LogP contribution is 2.36. The zero-order chi connectivity index (χ0) is 17.1. The molecular formula is C18H23N5OS. The molecule has 1 saturated heterocycles. The normalized spacial score (nSPS) is 19.2. The third kappa shape index (κ3) is 3.66. The number of carbonyl (C=O) groups excluding carboxylic acids is 1. The number of anilines is 1. The quantitative estimate of drug-likeness (QED) is 0.845. The number of piperazine rings is 1. The van der Waals surface area contributed by atoms with E-state index in [-0.39, 0.29) is 5.91 Å². The van der Waals surface area contributed by atoms with Crippen LogP contribution in [0.2, 0.25) is 0 Å². The van der Waals surface area contributed by atoms with Gasteiger partial charge < -0.3 is 9.80 Å². The molecule has 1 saturated carbocycles. The fraction of sp³-hybridized carbons (Fsp3) is 0.556. The number of nitrogens with zero attached hydrogens (tertiary/aromatic N) is 5. The first kappa shape index (κ1) is 16.4. The summed E-state index contributed by atoms with van der Waals surface area (Å²) in [6, 6.07) is 3.55. The van der Waals surface area contributed by atoms with Crippen LogP contribution in [-0.2, 0) is 0 Å². The van der Waals surface area contributed by atoms with Crippen molar-refractivity contribution in [3.05, 3.63) is 35.1 Å². The van der Waals surface area contributed by atoms with Gasteiger partial charge in [-0.1, -0.05) is 30.6 Å². The number of hydrogen-bond acceptors (Lipinski definition) is 6. The van der Waals surface area contributed by atoms with Crippen LogP contribution in [0, 0.1) is 0 Å². The van der Waals surface area contributed by atoms with E-state index in [0.717, 1.165) is 31.3 Å². The summed E-state index contributed by atoms with van der Waals surface area (Å²) in [5, 5.41) is 11.1. The van der Waals surface area contributed by atoms with E-state index in [0.29, 0.717) is 11.5 Å². The molecule has 6 nitrogen and oxygen atoms in total. The van der Waals surface area contributed by atoms with Crippen molar-refractivity contribution in [1.82, 2.24) is 20.1 Å². The highest BCUT2D eigenvalue weighted by molar-refractivity contribution is 7.15. The summed E-state index contributed by atoms with van der Waals surface area (Å²) in [6.45, 7) is 3.07. The van der Waals surface area contributed by atoms with Gasteiger partial charge in [0, 0.05) is 50.1 Å². The second-order valence-corrected chi connectivity index (χ2v) is 7.76. The molecule has 7 heteroatoms. The predicted octanol–water partition coefficient (Wildman–Crippen LogP) is 2.94. The number of pyridine rings is 1. The van der Waals surface area contributed by atoms with E-state index in [9.17, 15) is 4.79 Å². The molecule has 1 aliphatic carbocycles. The summed E-state index contributed by atoms with van der Waals surface area (Å²) in [7, 11) is 0. The summed E-state index contributed by atoms with van der Waals surface area (Å²) in [5.41, 5.74) is 0.707. The van der Waals surface area contributed by atoms with Crippen molar-refractivity contribution in [3.8, 4) is 0 Å². The van der Waals surface area contributed by atoms with Crippen LogP contribution < -0.4 is 4.90 Å². The van der Waals surface area contributed by atoms with Crippen molar-refractivity contribution in [2.75, 3.05) is 31.1 Å². The average molecular weight is 357 g/mol. The van der Waals surface area contributed by atoms with Gasteiger partial charge in [0.1, 0.15) is 5.01 Å². The fourth-order valence-electron chi connectivity index (χ4n) is 3.65. The van der Waals surface area contributed by atoms with Crippen molar-refractivity contribution in [2.45, 2.75) is 38.0 Å². The molecule has 0 spiro atoms. The second kappa shape index (κ2) is 7.47. The fourth-order valence-corrected chi connectivity index (χ4v) is 4.71. The van der Waals surface area contributed by atoms with Gasteiger partial charge in [0.05, 0.1) is 0 Å². The number of hydrogen-bond donors (Lipinski definition) is 0. The Morgan fingerprint density at radius 3 is 2.44 bits per heavy atom. The van der Waals surface area contributed by atoms with Crippen LogP contribution in [0.1, 0.15) is 53.4 Å². The lowest BCUT2D eigenvalue weighted by Gasteiger charge is -2.34. The zero-order valence-corrected chi connectivity index (χ0v) is 15.1. The number of amides is 1. The summed E-state index contributed by atoms with van der Waals surface area (Å²) >= 11 is 1.74. The lowest BCUT2D eigenvalue weighted by Crippen LogP contribution is -2.48. The highest BCUT2D eigenvalue weighted by atomic mass is 32.1. The van der Waals surface area contributed by atoms with Gasteiger partial charge in [0.15, 0.2) is 0 Å². The molecule has 0 aromatic carbocycles. The molecule has 1 aliphatic heterocycles. The van der Waals surface area contributed by atoms with Crippen LogP contribution in [-0.4, -0.2) is 52.2 Å². The van der Waals surface area contributed by atoms with Crippen LogP contribution >= 0.6 is 11.3 Å². The Morgan fingerprint density at radius 1 is 1.00 bits per heavy atom. The highest BCUT2D eigenvalue weighted by Gasteiger charge is 2.26. The molecule has 3 heterocycles. The molecule has 25 heavy (non-hydrogen) atoms. The molecule has 2 fully saturated rings. The number of carbonyl (C=O) groups is 1. The van der Waals surface area contributed by atoms with Crippen LogP contribution in [0.25, 0.3) is 0 Å². The maximum atomic E-state index is 12.5. The lowest BCUT2D eigenvalue weighted by atomic mass is 9.90. The molecular weight excluding hydrogens is 334 g/mol. The van der Waals surface area contributed by atoms with Gasteiger partial charge in [-0.3, -0.25) is 9.78 Å². The minimum absolute atomic E-state index is 0.0854. The average Bonchev–Trinajstić information content (AvgIpc) is 3.19. The molecule has 2 aliphatic rings. The molecule has 0 unspecified atom stereocenters. The van der Waals surface area contributed by atoms with Gasteiger partial charge in [0.2, 0.25) is 5.13 Å². The van der Waals surface area contributed by atoms with Crippen molar-refractivity contribution < 1.29 is 4.79 Å². The van der Waals surface area contributed by atoms with E-state index in [1.165, 1.54) is 37.1 Å². The van der Waals surface area contributed by atoms with E-state index in [1.807, 2.05) is 4.90 Å². The van der Waals surface area contributed by atoms with E-state index >= 15 is 0 Å². The molecule has 4 rings (SSSR count). The van der Waals surface area contributed by atoms with Crippen molar-refractivity contribution >= 4 is 22.4 Å². The minimum atomic E-state index is 0.0854. The Hall–Kier alpha value is -2.02. The van der Waals surface area contributed by atoms with Crippen molar-refractivity contribution in [1.29, 1.82) is 0 Å². The molecule has 0 bridgehead atoms. The number of aromatic nitrogens is 3. The summed E-state index contributed by atoms with van der Waals surface area (Å²) in [6.07, 6.45) is 9.82. The third-order valence-corrected chi connectivity index (χ3v) is 6.30. The first-order valence-corrected chi connectivity index (χ1v) is 9.90. The predicted molar refractivity (Wildman–Crippen MR) is 98.1 cm³/mol. The van der Waals surface area contributed by atoms with Crippen LogP contribution in [0.4, 0.5) is 5.13 Å². The van der Waals surface area contributed by atoms with E-state index < -0.39 is 0 Å². The maximum absolute atomic E-state index is 12.5. The number of rotatable bonds is 3. The van der Waals surface area contributed by atoms with E-state index in [2.05, 4.69) is 20.1 Å². The SMILES string of the molecule is O=C(c1ccncc1)N1CCN(c2nnc(C3CCCCC3)s2)CC1. The molecule has 0 radical (unpaired) electrons. The second-order valence-electron chi connectivity index (χ2n) is 6.77. The molecule has 2 aromatic rings. The topological polar surface area (TPSA) is 62.2 Å². The monoisotopic (exact) mass is 357 g/mol. The Balaban J connectivity index is 1.36. The van der Waals surface area contributed by atoms with Gasteiger partial charge in [0.25, 0.3) is 5.91 Å². The standard InChI is InChI=1S/C18H23N5OS/c24-17(15-6-8-19-9-7-15)22-10-12-23(13-11-22)18-21-20-16(25-18)14-4-2-1-3-5-14/h6-9,14H,1-5,10-13H2. The first-order valence-electron chi connectivity index (χ1n) is 9.09. The molecule has 0 atom stereocenters. The smallest absolute Gasteiger partial charge is 0.254 e. The van der Waals surface area contributed by atoms with E-state index in [1.54, 1.807) is 35.9 Å². The summed E-state index contributed by atoms with van der Waals surface area (Å²) in [4.78, 5) is 20.7. The van der Waals surface area contributed by atoms with Gasteiger partial charge in [-0.2, -0.15) is 0 Å². The Labute approximate surface area is 151 Å². The minimum Gasteiger partial charge on any atom is -0.343 e. The third-order valence-electron chi connectivity index (χ3n) is 5.15. The van der Waals surface area contributed by atoms with Crippen LogP contribution in [0.3, 0.4) is 0 Å². The van der Waals surface area contributed by atoms with Gasteiger partial charge in [-0.15, -0.1) is 10.2 Å². The Morgan fingerprint density at radius 2 is 1.72 bits per heavy atom. The molecule has 132 valence electrons. The maximum Gasteiger partial charge on any atom is 0.254 e. The molecule has 0 N–H and O–H groups in total. The largest absolute Gasteiger partial charge is 0.343 e. The van der Waals surface area contributed by atoms with Crippen LogP contribution in [0.15, 0.2) is 24.5 Å². The van der Waals surface area contributed by atoms with Crippen molar-refractivity contribution in [3.63, 3.8) is 0 Å². The first-order chi connectivity index (χ1) is 12.3. The van der Waals surface area contributed by atoms with Crippen LogP contribution in [0.5, 0.6) is 0 Å². The Bertz CT molecular complexity index is 705. The zero-order valence-electron chi connectivity index (χ0n) is 14.3. The lowest BCUT2D eigenvalue weighted by molar-refractivity contribution is 0.0746. The van der Waals surface area contributed by atoms with Gasteiger partial charge >= 0.3 is 0 Å². The molecule has 2 aromatic heterocycles. The van der Waals surface area contributed by atoms with E-state index in [4.69, 9.17) is 0 Å². The summed E-state index contributed by atoms with van der Waals surface area (Å²) in [5.74, 6) is 0.691. The molecule has 1 amide bonds. The van der Waals surface area contributed by atoms with Gasteiger partial charge in [-0.25, -0.2) is 0 Å². The van der Waals surface area contributed by atoms with Gasteiger partial charge in [-0.05, 0) is 25.0 Å². The Kier molecular flexibility index (Phi) is 4.92.